The van der Waals surface area contributed by atoms with E-state index in [1.807, 2.05) is 12.1 Å². The lowest BCUT2D eigenvalue weighted by molar-refractivity contribution is -0.389. The molecule has 202 valence electrons. The van der Waals surface area contributed by atoms with E-state index >= 15 is 0 Å². The number of hydrogen-bond acceptors (Lipinski definition) is 8. The molecule has 2 saturated heterocycles. The minimum absolute atomic E-state index is 0.0279. The quantitative estimate of drug-likeness (QED) is 0.298. The van der Waals surface area contributed by atoms with Gasteiger partial charge in [0.25, 0.3) is 0 Å². The summed E-state index contributed by atoms with van der Waals surface area (Å²) in [4.78, 5) is 56.8. The van der Waals surface area contributed by atoms with Gasteiger partial charge in [0.15, 0.2) is 6.20 Å². The standard InChI is InChI=1S/C27H29N7O5/c1-30-23-18(3-2-4-19(23)33(25(30)37)20-6-8-22(35)29-24(20)36)26-14-27(15-26,16-26)32-11-9-31(10-12-32)17-5-7-21(28-13-17)34(38)39/h2-5,7,13,20H,6,8-12,14-16H2,1H3,(H,29,35,36). The van der Waals surface area contributed by atoms with Crippen molar-refractivity contribution in [2.24, 2.45) is 7.05 Å². The number of anilines is 1. The maximum absolute atomic E-state index is 13.3. The topological polar surface area (TPSA) is 136 Å². The van der Waals surface area contributed by atoms with Crippen molar-refractivity contribution in [1.29, 1.82) is 0 Å². The minimum Gasteiger partial charge on any atom is -0.366 e. The average molecular weight is 532 g/mol. The number of piperazine rings is 1. The Bertz CT molecular complexity index is 1580. The van der Waals surface area contributed by atoms with Gasteiger partial charge in [-0.1, -0.05) is 12.1 Å². The largest absolute Gasteiger partial charge is 0.366 e. The van der Waals surface area contributed by atoms with Crippen LogP contribution in [0.3, 0.4) is 0 Å². The molecular formula is C27H29N7O5. The first-order valence-electron chi connectivity index (χ1n) is 13.4. The molecule has 3 aromatic rings. The fourth-order valence-corrected chi connectivity index (χ4v) is 7.56. The summed E-state index contributed by atoms with van der Waals surface area (Å²) in [7, 11) is 1.77. The number of para-hydroxylation sites is 1. The summed E-state index contributed by atoms with van der Waals surface area (Å²) in [6.45, 7) is 3.52. The maximum Gasteiger partial charge on any atom is 0.363 e. The first-order chi connectivity index (χ1) is 18.7. The van der Waals surface area contributed by atoms with Crippen molar-refractivity contribution in [3.63, 3.8) is 0 Å². The molecule has 2 amide bonds. The molecule has 12 heteroatoms. The zero-order valence-corrected chi connectivity index (χ0v) is 21.6. The summed E-state index contributed by atoms with van der Waals surface area (Å²) in [5.41, 5.74) is 3.68. The molecule has 1 atom stereocenters. The molecule has 1 N–H and O–H groups in total. The van der Waals surface area contributed by atoms with Gasteiger partial charge >= 0.3 is 11.5 Å². The van der Waals surface area contributed by atoms with E-state index in [-0.39, 0.29) is 34.8 Å². The average Bonchev–Trinajstić information content (AvgIpc) is 3.13. The van der Waals surface area contributed by atoms with Crippen LogP contribution < -0.4 is 15.9 Å². The molecule has 0 radical (unpaired) electrons. The van der Waals surface area contributed by atoms with Crippen LogP contribution in [0, 0.1) is 10.1 Å². The highest BCUT2D eigenvalue weighted by atomic mass is 16.6. The maximum atomic E-state index is 13.3. The first kappa shape index (κ1) is 24.0. The number of nitrogens with zero attached hydrogens (tertiary/aromatic N) is 6. The van der Waals surface area contributed by atoms with Crippen molar-refractivity contribution in [1.82, 2.24) is 24.3 Å². The van der Waals surface area contributed by atoms with Crippen molar-refractivity contribution < 1.29 is 14.5 Å². The molecule has 3 aliphatic carbocycles. The Morgan fingerprint density at radius 2 is 1.79 bits per heavy atom. The molecule has 2 aromatic heterocycles. The Kier molecular flexibility index (Phi) is 5.06. The van der Waals surface area contributed by atoms with Gasteiger partial charge < -0.3 is 15.0 Å². The molecule has 5 fully saturated rings. The molecule has 2 aliphatic heterocycles. The zero-order valence-electron chi connectivity index (χ0n) is 21.6. The summed E-state index contributed by atoms with van der Waals surface area (Å²) in [5, 5.41) is 13.3. The number of amides is 2. The molecule has 4 heterocycles. The number of benzene rings is 1. The lowest BCUT2D eigenvalue weighted by Gasteiger charge is -2.75. The number of pyridine rings is 1. The Hall–Kier alpha value is -4.06. The molecule has 2 bridgehead atoms. The predicted octanol–water partition coefficient (Wildman–Crippen LogP) is 1.62. The fraction of sp³-hybridized carbons (Fsp3) is 0.481. The second-order valence-corrected chi connectivity index (χ2v) is 11.5. The van der Waals surface area contributed by atoms with Gasteiger partial charge in [-0.3, -0.25) is 28.9 Å². The van der Waals surface area contributed by atoms with Crippen molar-refractivity contribution in [3.8, 4) is 0 Å². The van der Waals surface area contributed by atoms with Crippen LogP contribution >= 0.6 is 0 Å². The van der Waals surface area contributed by atoms with Gasteiger partial charge in [0, 0.05) is 56.7 Å². The van der Waals surface area contributed by atoms with Gasteiger partial charge in [0.2, 0.25) is 11.8 Å². The number of imidazole rings is 1. The molecule has 12 nitrogen and oxygen atoms in total. The molecular weight excluding hydrogens is 502 g/mol. The normalized spacial score (nSPS) is 28.6. The summed E-state index contributed by atoms with van der Waals surface area (Å²) >= 11 is 0. The number of piperidine rings is 1. The molecule has 5 aliphatic rings. The van der Waals surface area contributed by atoms with Crippen LogP contribution in [0.1, 0.15) is 43.7 Å². The van der Waals surface area contributed by atoms with Crippen LogP contribution in [0.4, 0.5) is 11.5 Å². The second kappa shape index (κ2) is 8.22. The zero-order chi connectivity index (χ0) is 27.1. The number of fused-ring (bicyclic) bond motifs is 1. The van der Waals surface area contributed by atoms with E-state index < -0.39 is 16.9 Å². The number of imide groups is 1. The van der Waals surface area contributed by atoms with Crippen LogP contribution in [0.25, 0.3) is 11.0 Å². The van der Waals surface area contributed by atoms with Crippen molar-refractivity contribution in [2.75, 3.05) is 31.1 Å². The van der Waals surface area contributed by atoms with Crippen LogP contribution in [0.5, 0.6) is 0 Å². The van der Waals surface area contributed by atoms with E-state index in [4.69, 9.17) is 0 Å². The predicted molar refractivity (Wildman–Crippen MR) is 142 cm³/mol. The summed E-state index contributed by atoms with van der Waals surface area (Å²) in [5.74, 6) is -0.856. The first-order valence-corrected chi connectivity index (χ1v) is 13.4. The van der Waals surface area contributed by atoms with Gasteiger partial charge in [-0.2, -0.15) is 0 Å². The number of nitro groups is 1. The number of aromatic nitrogens is 3. The highest BCUT2D eigenvalue weighted by Crippen LogP contribution is 2.71. The minimum atomic E-state index is -0.684. The number of carbonyl (C=O) groups is 2. The SMILES string of the molecule is Cn1c(=O)n(C2CCC(=O)NC2=O)c2cccc(C34CC(N5CCN(c6ccc([N+](=O)[O-])nc6)CC5)(C3)C4)c21. The number of rotatable bonds is 5. The van der Waals surface area contributed by atoms with Gasteiger partial charge in [0.05, 0.1) is 16.7 Å². The van der Waals surface area contributed by atoms with Crippen LogP contribution in [-0.2, 0) is 22.1 Å². The van der Waals surface area contributed by atoms with Gasteiger partial charge in [-0.05, 0) is 53.3 Å². The summed E-state index contributed by atoms with van der Waals surface area (Å²) in [6.07, 6.45) is 5.24. The third kappa shape index (κ3) is 3.40. The lowest BCUT2D eigenvalue weighted by atomic mass is 9.36. The van der Waals surface area contributed by atoms with Crippen LogP contribution in [-0.4, -0.2) is 67.5 Å². The highest BCUT2D eigenvalue weighted by molar-refractivity contribution is 6.00. The van der Waals surface area contributed by atoms with E-state index in [9.17, 15) is 24.5 Å². The summed E-state index contributed by atoms with van der Waals surface area (Å²) < 4.78 is 3.23. The van der Waals surface area contributed by atoms with Gasteiger partial charge in [0.1, 0.15) is 6.04 Å². The monoisotopic (exact) mass is 531 g/mol. The van der Waals surface area contributed by atoms with Crippen molar-refractivity contribution in [2.45, 2.75) is 49.1 Å². The number of nitrogens with one attached hydrogen (secondary N) is 1. The third-order valence-corrected chi connectivity index (χ3v) is 9.43. The number of hydrogen-bond donors (Lipinski definition) is 1. The van der Waals surface area contributed by atoms with E-state index in [0.29, 0.717) is 6.42 Å². The van der Waals surface area contributed by atoms with Crippen LogP contribution in [0.15, 0.2) is 41.3 Å². The van der Waals surface area contributed by atoms with E-state index in [1.165, 1.54) is 11.6 Å². The van der Waals surface area contributed by atoms with Crippen molar-refractivity contribution in [3.05, 3.63) is 62.7 Å². The van der Waals surface area contributed by atoms with E-state index in [2.05, 4.69) is 26.2 Å². The Morgan fingerprint density at radius 1 is 1.05 bits per heavy atom. The summed E-state index contributed by atoms with van der Waals surface area (Å²) in [6, 6.07) is 8.53. The Labute approximate surface area is 223 Å². The Morgan fingerprint density at radius 3 is 2.44 bits per heavy atom. The van der Waals surface area contributed by atoms with E-state index in [1.54, 1.807) is 28.4 Å². The molecule has 1 unspecified atom stereocenters. The molecule has 3 saturated carbocycles. The molecule has 1 aromatic carbocycles. The molecule has 39 heavy (non-hydrogen) atoms. The molecule has 8 rings (SSSR count). The van der Waals surface area contributed by atoms with Gasteiger partial charge in [-0.25, -0.2) is 4.79 Å². The highest BCUT2D eigenvalue weighted by Gasteiger charge is 2.71. The number of aryl methyl sites for hydroxylation is 1. The van der Waals surface area contributed by atoms with Crippen molar-refractivity contribution >= 4 is 34.4 Å². The smallest absolute Gasteiger partial charge is 0.363 e. The molecule has 0 spiro atoms. The lowest BCUT2D eigenvalue weighted by Crippen LogP contribution is -2.78. The second-order valence-electron chi connectivity index (χ2n) is 11.5. The number of carbonyl (C=O) groups excluding carboxylic acids is 2. The fourth-order valence-electron chi connectivity index (χ4n) is 7.56. The van der Waals surface area contributed by atoms with Crippen LogP contribution in [0.2, 0.25) is 0 Å². The van der Waals surface area contributed by atoms with Gasteiger partial charge in [-0.15, -0.1) is 0 Å². The third-order valence-electron chi connectivity index (χ3n) is 9.43. The van der Waals surface area contributed by atoms with E-state index in [0.717, 1.165) is 62.2 Å². The Balaban J connectivity index is 1.09.